The first-order valence-electron chi connectivity index (χ1n) is 9.51. The van der Waals surface area contributed by atoms with Gasteiger partial charge in [0.15, 0.2) is 0 Å². The number of amides is 1. The Morgan fingerprint density at radius 2 is 1.47 bits per heavy atom. The molecule has 2 aromatic carbocycles. The fraction of sp³-hybridized carbons (Fsp3) is 0.286. The minimum absolute atomic E-state index is 0.00894. The highest BCUT2D eigenvalue weighted by Crippen LogP contribution is 2.25. The molecule has 0 unspecified atom stereocenters. The fourth-order valence-corrected chi connectivity index (χ4v) is 4.61. The second-order valence-electron chi connectivity index (χ2n) is 6.47. The lowest BCUT2D eigenvalue weighted by atomic mass is 10.1. The monoisotopic (exact) mass is 482 g/mol. The Hall–Kier alpha value is -2.95. The first-order valence-corrected chi connectivity index (χ1v) is 11.3. The van der Waals surface area contributed by atoms with Crippen LogP contribution in [0.2, 0.25) is 5.02 Å². The zero-order valence-corrected chi connectivity index (χ0v) is 19.5. The minimum Gasteiger partial charge on any atom is -0.465 e. The number of hydrogen-bond acceptors (Lipinski definition) is 7. The Morgan fingerprint density at radius 3 is 1.94 bits per heavy atom. The molecule has 0 spiro atoms. The summed E-state index contributed by atoms with van der Waals surface area (Å²) in [6, 6.07) is 7.69. The van der Waals surface area contributed by atoms with Gasteiger partial charge < -0.3 is 14.8 Å². The fourth-order valence-electron chi connectivity index (χ4n) is 2.92. The van der Waals surface area contributed by atoms with Gasteiger partial charge in [-0.2, -0.15) is 4.31 Å². The normalized spacial score (nSPS) is 11.2. The Balaban J connectivity index is 2.47. The molecule has 0 radical (unpaired) electrons. The van der Waals surface area contributed by atoms with E-state index in [0.29, 0.717) is 0 Å². The number of nitrogens with zero attached hydrogens (tertiary/aromatic N) is 1. The predicted octanol–water partition coefficient (Wildman–Crippen LogP) is 3.20. The van der Waals surface area contributed by atoms with Crippen molar-refractivity contribution in [2.24, 2.45) is 0 Å². The standard InChI is InChI=1S/C21H23ClN2O7S/c1-5-24(6-2)32(28,29)16-7-8-18(22)17(12-16)19(25)23-15-10-13(20(26)30-3)9-14(11-15)21(27)31-4/h7-12H,5-6H2,1-4H3,(H,23,25). The van der Waals surface area contributed by atoms with Gasteiger partial charge >= 0.3 is 11.9 Å². The number of esters is 2. The van der Waals surface area contributed by atoms with Gasteiger partial charge in [0, 0.05) is 18.8 Å². The number of nitrogens with one attached hydrogen (secondary N) is 1. The Labute approximate surface area is 191 Å². The van der Waals surface area contributed by atoms with Crippen LogP contribution in [0.15, 0.2) is 41.3 Å². The van der Waals surface area contributed by atoms with Gasteiger partial charge in [0.25, 0.3) is 5.91 Å². The number of benzene rings is 2. The third-order valence-electron chi connectivity index (χ3n) is 4.56. The smallest absolute Gasteiger partial charge is 0.337 e. The predicted molar refractivity (Wildman–Crippen MR) is 119 cm³/mol. The number of anilines is 1. The van der Waals surface area contributed by atoms with E-state index in [4.69, 9.17) is 11.6 Å². The highest BCUT2D eigenvalue weighted by Gasteiger charge is 2.24. The molecule has 0 heterocycles. The van der Waals surface area contributed by atoms with Crippen molar-refractivity contribution < 1.29 is 32.3 Å². The van der Waals surface area contributed by atoms with E-state index in [2.05, 4.69) is 14.8 Å². The molecule has 0 saturated carbocycles. The number of hydrogen-bond donors (Lipinski definition) is 1. The SMILES string of the molecule is CCN(CC)S(=O)(=O)c1ccc(Cl)c(C(=O)Nc2cc(C(=O)OC)cc(C(=O)OC)c2)c1. The number of methoxy groups -OCH3 is 2. The average molecular weight is 483 g/mol. The van der Waals surface area contributed by atoms with Gasteiger partial charge in [-0.05, 0) is 36.4 Å². The molecule has 0 fully saturated rings. The van der Waals surface area contributed by atoms with Crippen LogP contribution in [0, 0.1) is 0 Å². The molecule has 0 atom stereocenters. The van der Waals surface area contributed by atoms with Crippen molar-refractivity contribution in [2.75, 3.05) is 32.6 Å². The van der Waals surface area contributed by atoms with Gasteiger partial charge in [0.05, 0.1) is 40.8 Å². The molecule has 2 aromatic rings. The molecule has 1 N–H and O–H groups in total. The third kappa shape index (κ3) is 5.45. The van der Waals surface area contributed by atoms with Crippen LogP contribution in [0.1, 0.15) is 44.9 Å². The maximum Gasteiger partial charge on any atom is 0.337 e. The lowest BCUT2D eigenvalue weighted by Crippen LogP contribution is -2.30. The van der Waals surface area contributed by atoms with Gasteiger partial charge in [-0.25, -0.2) is 18.0 Å². The summed E-state index contributed by atoms with van der Waals surface area (Å²) >= 11 is 6.15. The molecule has 0 saturated heterocycles. The topological polar surface area (TPSA) is 119 Å². The number of sulfonamides is 1. The van der Waals surface area contributed by atoms with E-state index in [1.807, 2.05) is 0 Å². The molecule has 0 aliphatic carbocycles. The van der Waals surface area contributed by atoms with Crippen molar-refractivity contribution in [1.29, 1.82) is 0 Å². The van der Waals surface area contributed by atoms with Crippen LogP contribution >= 0.6 is 11.6 Å². The van der Waals surface area contributed by atoms with Crippen LogP contribution in [0.25, 0.3) is 0 Å². The van der Waals surface area contributed by atoms with E-state index < -0.39 is 27.9 Å². The highest BCUT2D eigenvalue weighted by atomic mass is 35.5. The Morgan fingerprint density at radius 1 is 0.938 bits per heavy atom. The van der Waals surface area contributed by atoms with E-state index >= 15 is 0 Å². The zero-order valence-electron chi connectivity index (χ0n) is 18.0. The van der Waals surface area contributed by atoms with Crippen LogP contribution in [0.3, 0.4) is 0 Å². The quantitative estimate of drug-likeness (QED) is 0.574. The molecular weight excluding hydrogens is 460 g/mol. The number of carbonyl (C=O) groups excluding carboxylic acids is 3. The summed E-state index contributed by atoms with van der Waals surface area (Å²) in [5.74, 6) is -2.18. The number of halogens is 1. The van der Waals surface area contributed by atoms with Crippen molar-refractivity contribution in [2.45, 2.75) is 18.7 Å². The summed E-state index contributed by atoms with van der Waals surface area (Å²) in [4.78, 5) is 36.7. The first-order chi connectivity index (χ1) is 15.1. The maximum absolute atomic E-state index is 12.9. The number of rotatable bonds is 8. The van der Waals surface area contributed by atoms with Crippen molar-refractivity contribution in [3.8, 4) is 0 Å². The summed E-state index contributed by atoms with van der Waals surface area (Å²) in [7, 11) is -1.47. The molecule has 0 aliphatic rings. The van der Waals surface area contributed by atoms with Crippen LogP contribution in [0.4, 0.5) is 5.69 Å². The van der Waals surface area contributed by atoms with Crippen molar-refractivity contribution in [3.05, 3.63) is 58.1 Å². The van der Waals surface area contributed by atoms with Crippen molar-refractivity contribution >= 4 is 45.2 Å². The molecule has 1 amide bonds. The van der Waals surface area contributed by atoms with Crippen LogP contribution in [-0.4, -0.2) is 57.9 Å². The Kier molecular flexibility index (Phi) is 8.37. The van der Waals surface area contributed by atoms with E-state index in [0.717, 1.165) is 0 Å². The zero-order chi connectivity index (χ0) is 24.1. The van der Waals surface area contributed by atoms with Gasteiger partial charge in [-0.15, -0.1) is 0 Å². The molecule has 9 nitrogen and oxygen atoms in total. The van der Waals surface area contributed by atoms with E-state index in [9.17, 15) is 22.8 Å². The van der Waals surface area contributed by atoms with Gasteiger partial charge in [0.1, 0.15) is 0 Å². The molecule has 172 valence electrons. The van der Waals surface area contributed by atoms with Crippen molar-refractivity contribution in [3.63, 3.8) is 0 Å². The number of ether oxygens (including phenoxy) is 2. The largest absolute Gasteiger partial charge is 0.465 e. The summed E-state index contributed by atoms with van der Waals surface area (Å²) < 4.78 is 36.2. The van der Waals surface area contributed by atoms with E-state index in [-0.39, 0.29) is 45.4 Å². The lowest BCUT2D eigenvalue weighted by molar-refractivity contribution is 0.0598. The number of carbonyl (C=O) groups is 3. The van der Waals surface area contributed by atoms with Gasteiger partial charge in [0.2, 0.25) is 10.0 Å². The second kappa shape index (κ2) is 10.6. The molecule has 32 heavy (non-hydrogen) atoms. The highest BCUT2D eigenvalue weighted by molar-refractivity contribution is 7.89. The van der Waals surface area contributed by atoms with Crippen LogP contribution < -0.4 is 5.32 Å². The first kappa shape index (κ1) is 25.3. The summed E-state index contributed by atoms with van der Waals surface area (Å²) in [5.41, 5.74) is 0.0127. The molecule has 2 rings (SSSR count). The molecule has 0 aliphatic heterocycles. The average Bonchev–Trinajstić information content (AvgIpc) is 2.78. The minimum atomic E-state index is -3.82. The third-order valence-corrected chi connectivity index (χ3v) is 6.93. The summed E-state index contributed by atoms with van der Waals surface area (Å²) in [6.07, 6.45) is 0. The van der Waals surface area contributed by atoms with E-state index in [1.165, 1.54) is 54.9 Å². The maximum atomic E-state index is 12.9. The Bertz CT molecular complexity index is 1110. The molecule has 11 heteroatoms. The molecule has 0 aromatic heterocycles. The summed E-state index contributed by atoms with van der Waals surface area (Å²) in [5, 5.41) is 2.55. The summed E-state index contributed by atoms with van der Waals surface area (Å²) in [6.45, 7) is 3.94. The van der Waals surface area contributed by atoms with E-state index in [1.54, 1.807) is 13.8 Å². The second-order valence-corrected chi connectivity index (χ2v) is 8.81. The van der Waals surface area contributed by atoms with Gasteiger partial charge in [-0.1, -0.05) is 25.4 Å². The van der Waals surface area contributed by atoms with Crippen LogP contribution in [0.5, 0.6) is 0 Å². The lowest BCUT2D eigenvalue weighted by Gasteiger charge is -2.19. The van der Waals surface area contributed by atoms with Crippen LogP contribution in [-0.2, 0) is 19.5 Å². The van der Waals surface area contributed by atoms with Crippen molar-refractivity contribution in [1.82, 2.24) is 4.31 Å². The molecular formula is C21H23ClN2O7S. The molecule has 0 bridgehead atoms. The van der Waals surface area contributed by atoms with Gasteiger partial charge in [-0.3, -0.25) is 4.79 Å².